The minimum atomic E-state index is -5.89. The summed E-state index contributed by atoms with van der Waals surface area (Å²) in [4.78, 5) is 19.1. The summed E-state index contributed by atoms with van der Waals surface area (Å²) in [5, 5.41) is 0. The van der Waals surface area contributed by atoms with E-state index in [2.05, 4.69) is 9.47 Å². The van der Waals surface area contributed by atoms with Crippen LogP contribution in [0.15, 0.2) is 4.90 Å². The Balaban J connectivity index is 3.52. The fraction of sp³-hybridized carbons (Fsp3) is 0.111. The molecule has 12 heteroatoms. The lowest BCUT2D eigenvalue weighted by molar-refractivity contribution is -0.160. The number of methoxy groups -OCH3 is 1. The van der Waals surface area contributed by atoms with Gasteiger partial charge in [0.15, 0.2) is 11.6 Å². The molecular formula is C9H3F4O7S-. The molecule has 0 atom stereocenters. The van der Waals surface area contributed by atoms with Crippen LogP contribution in [0.5, 0.6) is 5.75 Å². The number of rotatable bonds is 2. The van der Waals surface area contributed by atoms with Gasteiger partial charge in [0.2, 0.25) is 17.4 Å². The number of carbonyl (C=O) groups is 2. The molecule has 0 bridgehead atoms. The first-order chi connectivity index (χ1) is 9.52. The van der Waals surface area contributed by atoms with Gasteiger partial charge >= 0.3 is 11.9 Å². The molecule has 21 heavy (non-hydrogen) atoms. The maximum Gasteiger partial charge on any atom is 0.423 e. The number of carbonyl (C=O) groups excluding carboxylic acids is 2. The zero-order valence-electron chi connectivity index (χ0n) is 9.78. The van der Waals surface area contributed by atoms with Crippen LogP contribution in [0, 0.1) is 23.3 Å². The van der Waals surface area contributed by atoms with E-state index in [1.807, 2.05) is 0 Å². The first-order valence-corrected chi connectivity index (χ1v) is 6.05. The molecule has 0 N–H and O–H groups in total. The van der Waals surface area contributed by atoms with Crippen molar-refractivity contribution in [3.63, 3.8) is 0 Å². The lowest BCUT2D eigenvalue weighted by atomic mass is 10.3. The van der Waals surface area contributed by atoms with E-state index < -0.39 is 56.0 Å². The summed E-state index contributed by atoms with van der Waals surface area (Å²) in [6, 6.07) is 0. The number of esters is 2. The monoisotopic (exact) mass is 331 g/mol. The van der Waals surface area contributed by atoms with Gasteiger partial charge in [0.05, 0.1) is 7.11 Å². The molecule has 116 valence electrons. The highest BCUT2D eigenvalue weighted by atomic mass is 32.2. The van der Waals surface area contributed by atoms with E-state index in [0.717, 1.165) is 0 Å². The molecule has 0 spiro atoms. The molecule has 0 saturated carbocycles. The highest BCUT2D eigenvalue weighted by molar-refractivity contribution is 7.85. The Bertz CT molecular complexity index is 699. The Labute approximate surface area is 113 Å². The Morgan fingerprint density at radius 2 is 1.38 bits per heavy atom. The van der Waals surface area contributed by atoms with E-state index in [9.17, 15) is 40.1 Å². The van der Waals surface area contributed by atoms with E-state index in [1.165, 1.54) is 0 Å². The largest absolute Gasteiger partial charge is 0.744 e. The van der Waals surface area contributed by atoms with Crippen LogP contribution in [0.1, 0.15) is 0 Å². The van der Waals surface area contributed by atoms with Crippen LogP contribution >= 0.6 is 0 Å². The average molecular weight is 331 g/mol. The molecular weight excluding hydrogens is 328 g/mol. The molecule has 0 amide bonds. The molecule has 0 saturated heterocycles. The summed E-state index contributed by atoms with van der Waals surface area (Å²) < 4.78 is 92.3. The van der Waals surface area contributed by atoms with Crippen LogP contribution < -0.4 is 4.74 Å². The van der Waals surface area contributed by atoms with Crippen molar-refractivity contribution in [1.29, 1.82) is 0 Å². The van der Waals surface area contributed by atoms with Gasteiger partial charge in [0.1, 0.15) is 15.0 Å². The second kappa shape index (κ2) is 5.65. The van der Waals surface area contributed by atoms with Crippen LogP contribution in [0.3, 0.4) is 0 Å². The first kappa shape index (κ1) is 16.8. The summed E-state index contributed by atoms with van der Waals surface area (Å²) in [5.41, 5.74) is 0. The van der Waals surface area contributed by atoms with E-state index in [0.29, 0.717) is 7.11 Å². The number of hydrogen-bond donors (Lipinski definition) is 0. The van der Waals surface area contributed by atoms with Crippen molar-refractivity contribution in [3.05, 3.63) is 23.3 Å². The number of hydrogen-bond acceptors (Lipinski definition) is 7. The van der Waals surface area contributed by atoms with Gasteiger partial charge < -0.3 is 14.0 Å². The SMILES string of the molecule is COC(=O)C(=O)Oc1c(F)c(F)c(S(=O)(=O)[O-])c(F)c1F. The Morgan fingerprint density at radius 3 is 1.71 bits per heavy atom. The van der Waals surface area contributed by atoms with Crippen molar-refractivity contribution >= 4 is 22.1 Å². The summed E-state index contributed by atoms with van der Waals surface area (Å²) >= 11 is 0. The lowest BCUT2D eigenvalue weighted by Crippen LogP contribution is -2.23. The maximum absolute atomic E-state index is 13.3. The van der Waals surface area contributed by atoms with Crippen molar-refractivity contribution in [1.82, 2.24) is 0 Å². The fourth-order valence-electron chi connectivity index (χ4n) is 1.12. The smallest absolute Gasteiger partial charge is 0.423 e. The highest BCUT2D eigenvalue weighted by Crippen LogP contribution is 2.32. The minimum absolute atomic E-state index is 0.699. The van der Waals surface area contributed by atoms with Gasteiger partial charge in [-0.2, -0.15) is 8.78 Å². The van der Waals surface area contributed by atoms with Crippen LogP contribution in [-0.2, 0) is 24.4 Å². The van der Waals surface area contributed by atoms with Crippen LogP contribution in [-0.4, -0.2) is 32.0 Å². The van der Waals surface area contributed by atoms with Crippen LogP contribution in [0.4, 0.5) is 17.6 Å². The van der Waals surface area contributed by atoms with Gasteiger partial charge in [-0.1, -0.05) is 0 Å². The maximum atomic E-state index is 13.3. The van der Waals surface area contributed by atoms with Gasteiger partial charge in [-0.15, -0.1) is 0 Å². The van der Waals surface area contributed by atoms with Crippen molar-refractivity contribution < 1.29 is 49.6 Å². The molecule has 0 radical (unpaired) electrons. The number of halogens is 4. The third-order valence-corrected chi connectivity index (χ3v) is 2.84. The zero-order valence-corrected chi connectivity index (χ0v) is 10.6. The number of benzene rings is 1. The molecule has 1 aromatic carbocycles. The Kier molecular flexibility index (Phi) is 4.53. The van der Waals surface area contributed by atoms with E-state index >= 15 is 0 Å². The molecule has 0 heterocycles. The predicted octanol–water partition coefficient (Wildman–Crippen LogP) is 0.226. The predicted molar refractivity (Wildman–Crippen MR) is 51.9 cm³/mol. The summed E-state index contributed by atoms with van der Waals surface area (Å²) in [6.45, 7) is 0. The van der Waals surface area contributed by atoms with Gasteiger partial charge in [0.25, 0.3) is 0 Å². The van der Waals surface area contributed by atoms with Gasteiger partial charge in [-0.3, -0.25) is 0 Å². The molecule has 0 aliphatic carbocycles. The molecule has 0 aliphatic rings. The first-order valence-electron chi connectivity index (χ1n) is 4.64. The second-order valence-corrected chi connectivity index (χ2v) is 4.57. The molecule has 7 nitrogen and oxygen atoms in total. The molecule has 0 unspecified atom stereocenters. The molecule has 0 aliphatic heterocycles. The van der Waals surface area contributed by atoms with E-state index in [1.54, 1.807) is 0 Å². The highest BCUT2D eigenvalue weighted by Gasteiger charge is 2.32. The van der Waals surface area contributed by atoms with Crippen LogP contribution in [0.25, 0.3) is 0 Å². The summed E-state index contributed by atoms with van der Waals surface area (Å²) in [6.07, 6.45) is 0. The lowest BCUT2D eigenvalue weighted by Gasteiger charge is -2.13. The summed E-state index contributed by atoms with van der Waals surface area (Å²) in [7, 11) is -5.19. The fourth-order valence-corrected chi connectivity index (χ4v) is 1.74. The second-order valence-electron chi connectivity index (χ2n) is 3.25. The Morgan fingerprint density at radius 1 is 0.952 bits per heavy atom. The average Bonchev–Trinajstić information content (AvgIpc) is 2.38. The van der Waals surface area contributed by atoms with Crippen molar-refractivity contribution in [3.8, 4) is 5.75 Å². The van der Waals surface area contributed by atoms with E-state index in [-0.39, 0.29) is 0 Å². The van der Waals surface area contributed by atoms with Gasteiger partial charge in [-0.05, 0) is 0 Å². The minimum Gasteiger partial charge on any atom is -0.744 e. The third-order valence-electron chi connectivity index (χ3n) is 1.98. The molecule has 1 rings (SSSR count). The van der Waals surface area contributed by atoms with E-state index in [4.69, 9.17) is 0 Å². The van der Waals surface area contributed by atoms with Gasteiger partial charge in [0, 0.05) is 0 Å². The third kappa shape index (κ3) is 3.11. The van der Waals surface area contributed by atoms with Crippen molar-refractivity contribution in [2.45, 2.75) is 4.90 Å². The number of ether oxygens (including phenoxy) is 2. The molecule has 0 fully saturated rings. The topological polar surface area (TPSA) is 110 Å². The van der Waals surface area contributed by atoms with Crippen molar-refractivity contribution in [2.24, 2.45) is 0 Å². The molecule has 0 aromatic heterocycles. The standard InChI is InChI=1S/C9H4F4O7S/c1-19-8(14)9(15)20-6-2(10)4(12)7(21(16,17)18)5(13)3(6)11/h1H3,(H,16,17,18)/p-1. The quantitative estimate of drug-likeness (QED) is 0.190. The van der Waals surface area contributed by atoms with Crippen LogP contribution in [0.2, 0.25) is 0 Å². The summed E-state index contributed by atoms with van der Waals surface area (Å²) in [5.74, 6) is -16.0. The Hall–Kier alpha value is -2.21. The molecule has 1 aromatic rings. The normalized spacial score (nSPS) is 11.1. The van der Waals surface area contributed by atoms with Crippen molar-refractivity contribution in [2.75, 3.05) is 7.11 Å². The van der Waals surface area contributed by atoms with Gasteiger partial charge in [-0.25, -0.2) is 26.8 Å². The zero-order chi connectivity index (χ0) is 16.5.